The number of carbonyl (C=O) groups excluding carboxylic acids is 1. The summed E-state index contributed by atoms with van der Waals surface area (Å²) in [5.74, 6) is 0.401. The fourth-order valence-electron chi connectivity index (χ4n) is 4.46. The molecule has 1 amide bonds. The van der Waals surface area contributed by atoms with E-state index in [1.165, 1.54) is 17.5 Å². The number of aromatic nitrogens is 5. The predicted octanol–water partition coefficient (Wildman–Crippen LogP) is 3.51. The van der Waals surface area contributed by atoms with E-state index in [4.69, 9.17) is 0 Å². The van der Waals surface area contributed by atoms with Crippen LogP contribution in [0, 0.1) is 0 Å². The Morgan fingerprint density at radius 3 is 2.66 bits per heavy atom. The maximum atomic E-state index is 12.5. The highest BCUT2D eigenvalue weighted by atomic mass is 16.1. The molecule has 2 aromatic carbocycles. The molecule has 2 N–H and O–H groups in total. The number of carbonyl (C=O) groups is 1. The van der Waals surface area contributed by atoms with Crippen LogP contribution >= 0.6 is 0 Å². The molecule has 9 heteroatoms. The van der Waals surface area contributed by atoms with Gasteiger partial charge in [0.2, 0.25) is 5.95 Å². The van der Waals surface area contributed by atoms with Crippen molar-refractivity contribution in [3.63, 3.8) is 0 Å². The first-order chi connectivity index (χ1) is 17.1. The number of nitrogens with one attached hydrogen (secondary N) is 2. The second kappa shape index (κ2) is 10.2. The highest BCUT2D eigenvalue weighted by Crippen LogP contribution is 2.26. The fraction of sp³-hybridized carbons (Fsp3) is 0.346. The van der Waals surface area contributed by atoms with Gasteiger partial charge in [-0.15, -0.1) is 5.10 Å². The third kappa shape index (κ3) is 5.00. The number of nitrogens with zero attached hydrogens (tertiary/aromatic N) is 6. The number of anilines is 2. The van der Waals surface area contributed by atoms with E-state index in [9.17, 15) is 4.79 Å². The average Bonchev–Trinajstić information content (AvgIpc) is 3.53. The Kier molecular flexibility index (Phi) is 6.67. The summed E-state index contributed by atoms with van der Waals surface area (Å²) in [6.07, 6.45) is 5.15. The second-order valence-corrected chi connectivity index (χ2v) is 8.70. The van der Waals surface area contributed by atoms with Gasteiger partial charge in [0.05, 0.1) is 11.9 Å². The lowest BCUT2D eigenvalue weighted by Gasteiger charge is -2.17. The van der Waals surface area contributed by atoms with Crippen LogP contribution in [0.5, 0.6) is 0 Å². The van der Waals surface area contributed by atoms with Crippen LogP contribution in [0.15, 0.2) is 48.7 Å². The summed E-state index contributed by atoms with van der Waals surface area (Å²) >= 11 is 0. The number of hydrogen-bond acceptors (Lipinski definition) is 7. The van der Waals surface area contributed by atoms with E-state index in [1.807, 2.05) is 12.1 Å². The number of hydrogen-bond donors (Lipinski definition) is 2. The van der Waals surface area contributed by atoms with E-state index in [0.717, 1.165) is 43.9 Å². The summed E-state index contributed by atoms with van der Waals surface area (Å²) in [6.45, 7) is 7.64. The van der Waals surface area contributed by atoms with Crippen molar-refractivity contribution in [2.75, 3.05) is 31.5 Å². The van der Waals surface area contributed by atoms with E-state index in [2.05, 4.69) is 67.9 Å². The monoisotopic (exact) mass is 470 g/mol. The van der Waals surface area contributed by atoms with E-state index < -0.39 is 0 Å². The van der Waals surface area contributed by atoms with Gasteiger partial charge in [0, 0.05) is 24.3 Å². The first-order valence-electron chi connectivity index (χ1n) is 12.2. The number of benzene rings is 2. The molecule has 5 rings (SSSR count). The molecule has 2 heterocycles. The van der Waals surface area contributed by atoms with Crippen molar-refractivity contribution in [2.24, 2.45) is 0 Å². The maximum Gasteiger partial charge on any atom is 0.251 e. The lowest BCUT2D eigenvalue weighted by atomic mass is 10.1. The van der Waals surface area contributed by atoms with Crippen LogP contribution in [0.2, 0.25) is 0 Å². The van der Waals surface area contributed by atoms with Crippen molar-refractivity contribution < 1.29 is 4.79 Å². The second-order valence-electron chi connectivity index (χ2n) is 8.70. The van der Waals surface area contributed by atoms with Gasteiger partial charge >= 0.3 is 0 Å². The summed E-state index contributed by atoms with van der Waals surface area (Å²) in [5.41, 5.74) is 6.36. The van der Waals surface area contributed by atoms with Crippen LogP contribution in [-0.4, -0.2) is 61.9 Å². The molecule has 0 fully saturated rings. The molecule has 180 valence electrons. The lowest BCUT2D eigenvalue weighted by Crippen LogP contribution is -2.34. The average molecular weight is 471 g/mol. The van der Waals surface area contributed by atoms with E-state index in [0.29, 0.717) is 29.2 Å². The maximum absolute atomic E-state index is 12.5. The molecule has 0 unspecified atom stereocenters. The molecule has 9 nitrogen and oxygen atoms in total. The minimum Gasteiger partial charge on any atom is -0.351 e. The predicted molar refractivity (Wildman–Crippen MR) is 136 cm³/mol. The highest BCUT2D eigenvalue weighted by Gasteiger charge is 2.14. The van der Waals surface area contributed by atoms with Crippen molar-refractivity contribution >= 4 is 28.7 Å². The molecule has 0 spiro atoms. The number of aryl methyl sites for hydroxylation is 2. The smallest absolute Gasteiger partial charge is 0.251 e. The molecule has 0 bridgehead atoms. The van der Waals surface area contributed by atoms with Gasteiger partial charge in [0.25, 0.3) is 5.91 Å². The number of rotatable bonds is 9. The summed E-state index contributed by atoms with van der Waals surface area (Å²) in [5, 5.41) is 14.7. The first kappa shape index (κ1) is 22.9. The van der Waals surface area contributed by atoms with Gasteiger partial charge < -0.3 is 15.5 Å². The molecule has 1 aliphatic rings. The Bertz CT molecular complexity index is 1330. The standard InChI is InChI=1S/C26H30N8O/c1-3-33(4-2)15-14-27-25(35)19-9-12-22(13-10-19)34-24-23(31-32-34)17-28-26(30-24)29-21-11-8-18-6-5-7-20(18)16-21/h8-13,16-17H,3-7,14-15H2,1-2H3,(H,27,35)(H,28,29,30). The van der Waals surface area contributed by atoms with Gasteiger partial charge in [0.1, 0.15) is 0 Å². The van der Waals surface area contributed by atoms with Gasteiger partial charge in [-0.3, -0.25) is 4.79 Å². The molecule has 0 saturated carbocycles. The van der Waals surface area contributed by atoms with Gasteiger partial charge in [-0.1, -0.05) is 25.1 Å². The summed E-state index contributed by atoms with van der Waals surface area (Å²) in [4.78, 5) is 23.8. The van der Waals surface area contributed by atoms with Crippen LogP contribution in [0.3, 0.4) is 0 Å². The summed E-state index contributed by atoms with van der Waals surface area (Å²) < 4.78 is 1.66. The molecule has 0 atom stereocenters. The minimum absolute atomic E-state index is 0.0877. The van der Waals surface area contributed by atoms with Gasteiger partial charge in [-0.2, -0.15) is 9.67 Å². The van der Waals surface area contributed by atoms with Crippen molar-refractivity contribution in [2.45, 2.75) is 33.1 Å². The third-order valence-electron chi connectivity index (χ3n) is 6.53. The zero-order valence-electron chi connectivity index (χ0n) is 20.2. The van der Waals surface area contributed by atoms with E-state index in [-0.39, 0.29) is 5.91 Å². The highest BCUT2D eigenvalue weighted by molar-refractivity contribution is 5.94. The molecule has 35 heavy (non-hydrogen) atoms. The zero-order valence-corrected chi connectivity index (χ0v) is 20.2. The molecule has 0 radical (unpaired) electrons. The summed E-state index contributed by atoms with van der Waals surface area (Å²) in [7, 11) is 0. The molecule has 0 saturated heterocycles. The molecule has 4 aromatic rings. The zero-order chi connectivity index (χ0) is 24.2. The fourth-order valence-corrected chi connectivity index (χ4v) is 4.46. The van der Waals surface area contributed by atoms with Crippen molar-refractivity contribution in [1.82, 2.24) is 35.2 Å². The lowest BCUT2D eigenvalue weighted by molar-refractivity contribution is 0.0949. The SMILES string of the molecule is CCN(CC)CCNC(=O)c1ccc(-n2nnc3cnc(Nc4ccc5c(c4)CCC5)nc32)cc1. The number of fused-ring (bicyclic) bond motifs is 2. The van der Waals surface area contributed by atoms with Gasteiger partial charge in [0.15, 0.2) is 11.2 Å². The van der Waals surface area contributed by atoms with E-state index in [1.54, 1.807) is 23.0 Å². The number of amides is 1. The van der Waals surface area contributed by atoms with E-state index >= 15 is 0 Å². The topological polar surface area (TPSA) is 101 Å². The van der Waals surface area contributed by atoms with Gasteiger partial charge in [-0.25, -0.2) is 4.98 Å². The Morgan fingerprint density at radius 2 is 1.86 bits per heavy atom. The quantitative estimate of drug-likeness (QED) is 0.386. The normalized spacial score (nSPS) is 12.8. The third-order valence-corrected chi connectivity index (χ3v) is 6.53. The van der Waals surface area contributed by atoms with Crippen LogP contribution in [0.1, 0.15) is 41.8 Å². The van der Waals surface area contributed by atoms with Crippen molar-refractivity contribution in [3.05, 3.63) is 65.4 Å². The molecule has 1 aliphatic carbocycles. The Balaban J connectivity index is 1.30. The number of likely N-dealkylation sites (N-methyl/N-ethyl adjacent to an activating group) is 1. The van der Waals surface area contributed by atoms with Gasteiger partial charge in [-0.05, 0) is 79.9 Å². The van der Waals surface area contributed by atoms with Crippen LogP contribution in [-0.2, 0) is 12.8 Å². The largest absolute Gasteiger partial charge is 0.351 e. The van der Waals surface area contributed by atoms with Crippen molar-refractivity contribution in [3.8, 4) is 5.69 Å². The van der Waals surface area contributed by atoms with Crippen LogP contribution in [0.4, 0.5) is 11.6 Å². The van der Waals surface area contributed by atoms with Crippen LogP contribution < -0.4 is 10.6 Å². The molecular weight excluding hydrogens is 440 g/mol. The Labute approximate surface area is 204 Å². The molecule has 2 aromatic heterocycles. The Morgan fingerprint density at radius 1 is 1.06 bits per heavy atom. The first-order valence-corrected chi connectivity index (χ1v) is 12.2. The molecule has 0 aliphatic heterocycles. The van der Waals surface area contributed by atoms with Crippen LogP contribution in [0.25, 0.3) is 16.9 Å². The van der Waals surface area contributed by atoms with Crippen molar-refractivity contribution in [1.29, 1.82) is 0 Å². The molecular formula is C26H30N8O. The summed E-state index contributed by atoms with van der Waals surface area (Å²) in [6, 6.07) is 13.7. The minimum atomic E-state index is -0.0877. The Hall–Kier alpha value is -3.85.